The normalized spacial score (nSPS) is 11.0. The average Bonchev–Trinajstić information content (AvgIpc) is 2.45. The maximum atomic E-state index is 12.1. The minimum atomic E-state index is -3.49. The molecule has 0 aliphatic carbocycles. The maximum absolute atomic E-state index is 12.1. The number of hydrogen-bond acceptors (Lipinski definition) is 4. The largest absolute Gasteiger partial charge is 0.457 e. The molecule has 0 radical (unpaired) electrons. The van der Waals surface area contributed by atoms with Gasteiger partial charge in [-0.15, -0.1) is 0 Å². The zero-order chi connectivity index (χ0) is 16.2. The van der Waals surface area contributed by atoms with E-state index in [2.05, 4.69) is 4.72 Å². The number of esters is 1. The van der Waals surface area contributed by atoms with Crippen molar-refractivity contribution in [3.8, 4) is 0 Å². The van der Waals surface area contributed by atoms with Gasteiger partial charge in [0.05, 0.1) is 17.5 Å². The standard InChI is InChI=1S/C15H14ClNO4S/c1-22(19,20)17-14-9-5-3-7-12(14)15(18)21-10-11-6-2-4-8-13(11)16/h2-9,17H,10H2,1H3. The highest BCUT2D eigenvalue weighted by atomic mass is 35.5. The number of carbonyl (C=O) groups excluding carboxylic acids is 1. The number of anilines is 1. The van der Waals surface area contributed by atoms with Gasteiger partial charge in [-0.2, -0.15) is 0 Å². The predicted molar refractivity (Wildman–Crippen MR) is 85.5 cm³/mol. The van der Waals surface area contributed by atoms with Gasteiger partial charge in [0.1, 0.15) is 6.61 Å². The average molecular weight is 340 g/mol. The third kappa shape index (κ3) is 4.47. The first-order chi connectivity index (χ1) is 10.4. The van der Waals surface area contributed by atoms with Crippen LogP contribution >= 0.6 is 11.6 Å². The van der Waals surface area contributed by atoms with Gasteiger partial charge in [0.2, 0.25) is 10.0 Å². The summed E-state index contributed by atoms with van der Waals surface area (Å²) in [6.45, 7) is 0.00567. The van der Waals surface area contributed by atoms with E-state index in [-0.39, 0.29) is 17.9 Å². The van der Waals surface area contributed by atoms with E-state index in [9.17, 15) is 13.2 Å². The second kappa shape index (κ2) is 6.81. The summed E-state index contributed by atoms with van der Waals surface area (Å²) in [5.74, 6) is -0.633. The third-order valence-corrected chi connectivity index (χ3v) is 3.72. The van der Waals surface area contributed by atoms with Gasteiger partial charge in [-0.05, 0) is 18.2 Å². The summed E-state index contributed by atoms with van der Waals surface area (Å²) in [6, 6.07) is 13.2. The highest BCUT2D eigenvalue weighted by Gasteiger charge is 2.15. The fourth-order valence-electron chi connectivity index (χ4n) is 1.79. The van der Waals surface area contributed by atoms with Crippen molar-refractivity contribution in [2.24, 2.45) is 0 Å². The van der Waals surface area contributed by atoms with Crippen molar-refractivity contribution >= 4 is 33.3 Å². The van der Waals surface area contributed by atoms with Crippen LogP contribution in [-0.4, -0.2) is 20.6 Å². The van der Waals surface area contributed by atoms with Crippen LogP contribution in [0.25, 0.3) is 0 Å². The number of carbonyl (C=O) groups is 1. The third-order valence-electron chi connectivity index (χ3n) is 2.76. The van der Waals surface area contributed by atoms with E-state index in [1.54, 1.807) is 36.4 Å². The summed E-state index contributed by atoms with van der Waals surface area (Å²) < 4.78 is 30.1. The summed E-state index contributed by atoms with van der Waals surface area (Å²) in [4.78, 5) is 12.1. The molecule has 22 heavy (non-hydrogen) atoms. The Balaban J connectivity index is 2.15. The molecule has 0 unspecified atom stereocenters. The fourth-order valence-corrected chi connectivity index (χ4v) is 2.55. The molecular weight excluding hydrogens is 326 g/mol. The topological polar surface area (TPSA) is 72.5 Å². The highest BCUT2D eigenvalue weighted by Crippen LogP contribution is 2.20. The van der Waals surface area contributed by atoms with Crippen molar-refractivity contribution in [2.75, 3.05) is 11.0 Å². The van der Waals surface area contributed by atoms with Gasteiger partial charge in [-0.1, -0.05) is 41.9 Å². The van der Waals surface area contributed by atoms with E-state index in [0.717, 1.165) is 6.26 Å². The van der Waals surface area contributed by atoms with Crippen LogP contribution in [0.2, 0.25) is 5.02 Å². The maximum Gasteiger partial charge on any atom is 0.340 e. The molecule has 0 atom stereocenters. The van der Waals surface area contributed by atoms with Crippen molar-refractivity contribution in [3.63, 3.8) is 0 Å². The van der Waals surface area contributed by atoms with Crippen LogP contribution in [0.3, 0.4) is 0 Å². The lowest BCUT2D eigenvalue weighted by atomic mass is 10.2. The number of para-hydroxylation sites is 1. The molecule has 2 rings (SSSR count). The molecule has 2 aromatic carbocycles. The zero-order valence-corrected chi connectivity index (χ0v) is 13.3. The van der Waals surface area contributed by atoms with Crippen molar-refractivity contribution in [1.82, 2.24) is 0 Å². The molecule has 0 amide bonds. The van der Waals surface area contributed by atoms with E-state index in [1.165, 1.54) is 12.1 Å². The first kappa shape index (κ1) is 16.3. The summed E-state index contributed by atoms with van der Waals surface area (Å²) in [6.07, 6.45) is 1.01. The van der Waals surface area contributed by atoms with Gasteiger partial charge in [-0.3, -0.25) is 4.72 Å². The second-order valence-electron chi connectivity index (χ2n) is 4.59. The predicted octanol–water partition coefficient (Wildman–Crippen LogP) is 3.07. The highest BCUT2D eigenvalue weighted by molar-refractivity contribution is 7.92. The van der Waals surface area contributed by atoms with E-state index >= 15 is 0 Å². The quantitative estimate of drug-likeness (QED) is 0.850. The van der Waals surface area contributed by atoms with E-state index in [1.807, 2.05) is 0 Å². The second-order valence-corrected chi connectivity index (χ2v) is 6.74. The SMILES string of the molecule is CS(=O)(=O)Nc1ccccc1C(=O)OCc1ccccc1Cl. The summed E-state index contributed by atoms with van der Waals surface area (Å²) >= 11 is 5.99. The van der Waals surface area contributed by atoms with Crippen molar-refractivity contribution < 1.29 is 17.9 Å². The van der Waals surface area contributed by atoms with E-state index in [4.69, 9.17) is 16.3 Å². The van der Waals surface area contributed by atoms with Crippen LogP contribution in [0, 0.1) is 0 Å². The Bertz CT molecular complexity index is 790. The van der Waals surface area contributed by atoms with Crippen LogP contribution in [0.4, 0.5) is 5.69 Å². The molecule has 2 aromatic rings. The van der Waals surface area contributed by atoms with Gasteiger partial charge >= 0.3 is 5.97 Å². The van der Waals surface area contributed by atoms with Crippen molar-refractivity contribution in [3.05, 3.63) is 64.7 Å². The Morgan fingerprint density at radius 3 is 2.45 bits per heavy atom. The minimum absolute atomic E-state index is 0.00567. The molecule has 0 aliphatic heterocycles. The number of ether oxygens (including phenoxy) is 1. The number of hydrogen-bond donors (Lipinski definition) is 1. The fraction of sp³-hybridized carbons (Fsp3) is 0.133. The number of rotatable bonds is 5. The molecule has 116 valence electrons. The lowest BCUT2D eigenvalue weighted by molar-refractivity contribution is 0.0474. The number of halogens is 1. The van der Waals surface area contributed by atoms with E-state index < -0.39 is 16.0 Å². The smallest absolute Gasteiger partial charge is 0.340 e. The Hall–Kier alpha value is -2.05. The molecular formula is C15H14ClNO4S. The molecule has 7 heteroatoms. The van der Waals surface area contributed by atoms with Crippen LogP contribution in [0.5, 0.6) is 0 Å². The van der Waals surface area contributed by atoms with Gasteiger partial charge < -0.3 is 4.74 Å². The monoisotopic (exact) mass is 339 g/mol. The molecule has 0 heterocycles. The first-order valence-electron chi connectivity index (χ1n) is 6.34. The van der Waals surface area contributed by atoms with Crippen LogP contribution in [0.15, 0.2) is 48.5 Å². The lowest BCUT2D eigenvalue weighted by Gasteiger charge is -2.11. The Morgan fingerprint density at radius 2 is 1.77 bits per heavy atom. The molecule has 0 aliphatic rings. The number of benzene rings is 2. The van der Waals surface area contributed by atoms with Crippen molar-refractivity contribution in [2.45, 2.75) is 6.61 Å². The van der Waals surface area contributed by atoms with Gasteiger partial charge in [0.15, 0.2) is 0 Å². The minimum Gasteiger partial charge on any atom is -0.457 e. The first-order valence-corrected chi connectivity index (χ1v) is 8.61. The van der Waals surface area contributed by atoms with E-state index in [0.29, 0.717) is 10.6 Å². The molecule has 1 N–H and O–H groups in total. The van der Waals surface area contributed by atoms with Gasteiger partial charge in [0.25, 0.3) is 0 Å². The molecule has 0 spiro atoms. The number of nitrogens with one attached hydrogen (secondary N) is 1. The molecule has 0 fully saturated rings. The lowest BCUT2D eigenvalue weighted by Crippen LogP contribution is -2.14. The molecule has 5 nitrogen and oxygen atoms in total. The molecule has 0 aromatic heterocycles. The summed E-state index contributed by atoms with van der Waals surface area (Å²) in [7, 11) is -3.49. The summed E-state index contributed by atoms with van der Waals surface area (Å²) in [5.41, 5.74) is 0.986. The Kier molecular flexibility index (Phi) is 5.05. The van der Waals surface area contributed by atoms with Crippen LogP contribution in [0.1, 0.15) is 15.9 Å². The summed E-state index contributed by atoms with van der Waals surface area (Å²) in [5, 5.41) is 0.498. The zero-order valence-electron chi connectivity index (χ0n) is 11.7. The van der Waals surface area contributed by atoms with Crippen molar-refractivity contribution in [1.29, 1.82) is 0 Å². The van der Waals surface area contributed by atoms with Gasteiger partial charge in [0, 0.05) is 10.6 Å². The Morgan fingerprint density at radius 1 is 1.14 bits per heavy atom. The number of sulfonamides is 1. The molecule has 0 saturated heterocycles. The molecule has 0 bridgehead atoms. The molecule has 0 saturated carbocycles. The van der Waals surface area contributed by atoms with Crippen LogP contribution < -0.4 is 4.72 Å². The Labute approximate surface area is 133 Å². The van der Waals surface area contributed by atoms with Crippen LogP contribution in [-0.2, 0) is 21.4 Å². The van der Waals surface area contributed by atoms with Gasteiger partial charge in [-0.25, -0.2) is 13.2 Å².